The van der Waals surface area contributed by atoms with Gasteiger partial charge in [-0.05, 0) is 26.0 Å². The predicted molar refractivity (Wildman–Crippen MR) is 59.0 cm³/mol. The first-order valence-corrected chi connectivity index (χ1v) is 5.40. The van der Waals surface area contributed by atoms with Gasteiger partial charge >= 0.3 is 0 Å². The molecule has 3 heteroatoms. The Morgan fingerprint density at radius 3 is 2.93 bits per heavy atom. The SMILES string of the molecule is CCN1CC(C)c2nc(C)ccc2C1=O. The summed E-state index contributed by atoms with van der Waals surface area (Å²) < 4.78 is 0. The second kappa shape index (κ2) is 3.65. The van der Waals surface area contributed by atoms with Crippen molar-refractivity contribution in [2.45, 2.75) is 26.7 Å². The van der Waals surface area contributed by atoms with E-state index >= 15 is 0 Å². The number of likely N-dealkylation sites (N-methyl/N-ethyl adjacent to an activating group) is 1. The average molecular weight is 204 g/mol. The topological polar surface area (TPSA) is 33.2 Å². The van der Waals surface area contributed by atoms with Gasteiger partial charge in [-0.2, -0.15) is 0 Å². The number of fused-ring (bicyclic) bond motifs is 1. The molecule has 1 aliphatic heterocycles. The smallest absolute Gasteiger partial charge is 0.255 e. The van der Waals surface area contributed by atoms with Crippen LogP contribution in [-0.2, 0) is 0 Å². The lowest BCUT2D eigenvalue weighted by Crippen LogP contribution is -2.39. The molecule has 1 aromatic rings. The monoisotopic (exact) mass is 204 g/mol. The number of nitrogens with zero attached hydrogens (tertiary/aromatic N) is 2. The largest absolute Gasteiger partial charge is 0.338 e. The molecule has 0 saturated heterocycles. The number of rotatable bonds is 1. The highest BCUT2D eigenvalue weighted by Crippen LogP contribution is 2.26. The quantitative estimate of drug-likeness (QED) is 0.700. The summed E-state index contributed by atoms with van der Waals surface area (Å²) in [5.41, 5.74) is 2.73. The molecular weight excluding hydrogens is 188 g/mol. The summed E-state index contributed by atoms with van der Waals surface area (Å²) in [5, 5.41) is 0. The van der Waals surface area contributed by atoms with Gasteiger partial charge in [-0.3, -0.25) is 9.78 Å². The van der Waals surface area contributed by atoms with E-state index in [2.05, 4.69) is 11.9 Å². The highest BCUT2D eigenvalue weighted by Gasteiger charge is 2.28. The summed E-state index contributed by atoms with van der Waals surface area (Å²) in [6.45, 7) is 7.66. The van der Waals surface area contributed by atoms with Crippen LogP contribution in [0.3, 0.4) is 0 Å². The molecule has 0 spiro atoms. The minimum absolute atomic E-state index is 0.123. The zero-order valence-corrected chi connectivity index (χ0v) is 9.45. The molecular formula is C12H16N2O. The van der Waals surface area contributed by atoms with Crippen molar-refractivity contribution in [2.24, 2.45) is 0 Å². The standard InChI is InChI=1S/C12H16N2O/c1-4-14-7-8(2)11-10(12(14)15)6-5-9(3)13-11/h5-6,8H,4,7H2,1-3H3. The third-order valence-electron chi connectivity index (χ3n) is 2.92. The van der Waals surface area contributed by atoms with Gasteiger partial charge in [0.25, 0.3) is 5.91 Å². The molecule has 3 nitrogen and oxygen atoms in total. The molecule has 1 aliphatic rings. The Labute approximate surface area is 90.1 Å². The number of carbonyl (C=O) groups excluding carboxylic acids is 1. The number of amides is 1. The second-order valence-corrected chi connectivity index (χ2v) is 4.13. The Bertz CT molecular complexity index is 401. The minimum Gasteiger partial charge on any atom is -0.338 e. The summed E-state index contributed by atoms with van der Waals surface area (Å²) in [6, 6.07) is 3.81. The van der Waals surface area contributed by atoms with E-state index in [1.165, 1.54) is 0 Å². The summed E-state index contributed by atoms with van der Waals surface area (Å²) in [4.78, 5) is 18.3. The molecule has 0 aliphatic carbocycles. The summed E-state index contributed by atoms with van der Waals surface area (Å²) in [5.74, 6) is 0.468. The first kappa shape index (κ1) is 10.1. The Kier molecular flexibility index (Phi) is 2.47. The van der Waals surface area contributed by atoms with Crippen molar-refractivity contribution in [3.05, 3.63) is 29.1 Å². The van der Waals surface area contributed by atoms with Crippen molar-refractivity contribution < 1.29 is 4.79 Å². The molecule has 1 aromatic heterocycles. The third kappa shape index (κ3) is 1.62. The zero-order chi connectivity index (χ0) is 11.0. The van der Waals surface area contributed by atoms with Crippen LogP contribution >= 0.6 is 0 Å². The molecule has 0 aromatic carbocycles. The number of pyridine rings is 1. The predicted octanol–water partition coefficient (Wildman–Crippen LogP) is 1.97. The lowest BCUT2D eigenvalue weighted by atomic mass is 9.95. The highest BCUT2D eigenvalue weighted by atomic mass is 16.2. The van der Waals surface area contributed by atoms with E-state index in [9.17, 15) is 4.79 Å². The van der Waals surface area contributed by atoms with Gasteiger partial charge < -0.3 is 4.90 Å². The van der Waals surface area contributed by atoms with Crippen LogP contribution in [0.5, 0.6) is 0 Å². The molecule has 0 N–H and O–H groups in total. The maximum atomic E-state index is 12.0. The van der Waals surface area contributed by atoms with E-state index in [1.807, 2.05) is 30.9 Å². The van der Waals surface area contributed by atoms with Gasteiger partial charge in [0.05, 0.1) is 11.3 Å². The molecule has 2 rings (SSSR count). The van der Waals surface area contributed by atoms with Crippen LogP contribution in [0.15, 0.2) is 12.1 Å². The molecule has 0 radical (unpaired) electrons. The van der Waals surface area contributed by atoms with E-state index in [0.717, 1.165) is 30.0 Å². The molecule has 0 bridgehead atoms. The maximum absolute atomic E-state index is 12.0. The molecule has 1 atom stereocenters. The van der Waals surface area contributed by atoms with E-state index < -0.39 is 0 Å². The van der Waals surface area contributed by atoms with Gasteiger partial charge in [-0.1, -0.05) is 6.92 Å². The van der Waals surface area contributed by atoms with Gasteiger partial charge in [0, 0.05) is 24.7 Å². The molecule has 15 heavy (non-hydrogen) atoms. The fourth-order valence-corrected chi connectivity index (χ4v) is 2.08. The zero-order valence-electron chi connectivity index (χ0n) is 9.45. The Morgan fingerprint density at radius 2 is 2.27 bits per heavy atom. The van der Waals surface area contributed by atoms with Crippen molar-refractivity contribution >= 4 is 5.91 Å². The van der Waals surface area contributed by atoms with Gasteiger partial charge in [0.15, 0.2) is 0 Å². The van der Waals surface area contributed by atoms with Gasteiger partial charge in [0.1, 0.15) is 0 Å². The van der Waals surface area contributed by atoms with Crippen molar-refractivity contribution in [1.29, 1.82) is 0 Å². The molecule has 2 heterocycles. The van der Waals surface area contributed by atoms with Gasteiger partial charge in [0.2, 0.25) is 0 Å². The maximum Gasteiger partial charge on any atom is 0.255 e. The number of aromatic nitrogens is 1. The minimum atomic E-state index is 0.123. The van der Waals surface area contributed by atoms with Crippen molar-refractivity contribution in [1.82, 2.24) is 9.88 Å². The van der Waals surface area contributed by atoms with E-state index in [1.54, 1.807) is 0 Å². The summed E-state index contributed by atoms with van der Waals surface area (Å²) in [6.07, 6.45) is 0. The average Bonchev–Trinajstić information content (AvgIpc) is 2.23. The molecule has 1 amide bonds. The number of carbonyl (C=O) groups is 1. The van der Waals surface area contributed by atoms with Gasteiger partial charge in [-0.25, -0.2) is 0 Å². The number of hydrogen-bond donors (Lipinski definition) is 0. The fraction of sp³-hybridized carbons (Fsp3) is 0.500. The van der Waals surface area contributed by atoms with E-state index in [0.29, 0.717) is 5.92 Å². The van der Waals surface area contributed by atoms with Crippen LogP contribution in [0.4, 0.5) is 0 Å². The Morgan fingerprint density at radius 1 is 1.53 bits per heavy atom. The van der Waals surface area contributed by atoms with Crippen LogP contribution < -0.4 is 0 Å². The van der Waals surface area contributed by atoms with Crippen LogP contribution in [0.25, 0.3) is 0 Å². The summed E-state index contributed by atoms with van der Waals surface area (Å²) in [7, 11) is 0. The normalized spacial score (nSPS) is 20.3. The first-order chi connectivity index (χ1) is 7.13. The molecule has 0 fully saturated rings. The lowest BCUT2D eigenvalue weighted by molar-refractivity contribution is 0.0732. The van der Waals surface area contributed by atoms with Crippen LogP contribution in [-0.4, -0.2) is 28.9 Å². The van der Waals surface area contributed by atoms with Crippen LogP contribution in [0, 0.1) is 6.92 Å². The van der Waals surface area contributed by atoms with Gasteiger partial charge in [-0.15, -0.1) is 0 Å². The van der Waals surface area contributed by atoms with Crippen molar-refractivity contribution in [3.63, 3.8) is 0 Å². The van der Waals surface area contributed by atoms with Crippen LogP contribution in [0.2, 0.25) is 0 Å². The molecule has 1 unspecified atom stereocenters. The van der Waals surface area contributed by atoms with Crippen molar-refractivity contribution in [2.75, 3.05) is 13.1 Å². The van der Waals surface area contributed by atoms with Crippen LogP contribution in [0.1, 0.15) is 41.5 Å². The third-order valence-corrected chi connectivity index (χ3v) is 2.92. The number of aryl methyl sites for hydroxylation is 1. The van der Waals surface area contributed by atoms with Crippen molar-refractivity contribution in [3.8, 4) is 0 Å². The number of hydrogen-bond acceptors (Lipinski definition) is 2. The first-order valence-electron chi connectivity index (χ1n) is 5.40. The Hall–Kier alpha value is -1.38. The molecule has 80 valence electrons. The molecule has 0 saturated carbocycles. The summed E-state index contributed by atoms with van der Waals surface area (Å²) >= 11 is 0. The lowest BCUT2D eigenvalue weighted by Gasteiger charge is -2.31. The van der Waals surface area contributed by atoms with E-state index in [4.69, 9.17) is 0 Å². The highest BCUT2D eigenvalue weighted by molar-refractivity contribution is 5.96. The Balaban J connectivity index is 2.49. The second-order valence-electron chi connectivity index (χ2n) is 4.13. The fourth-order valence-electron chi connectivity index (χ4n) is 2.08. The van der Waals surface area contributed by atoms with E-state index in [-0.39, 0.29) is 5.91 Å².